The SMILES string of the molecule is COc1cc(C)c(Cl)c(C)c1CN(C)CCl. The summed E-state index contributed by atoms with van der Waals surface area (Å²) in [5, 5.41) is 0.804. The fourth-order valence-corrected chi connectivity index (χ4v) is 1.90. The number of hydrogen-bond donors (Lipinski definition) is 0. The van der Waals surface area contributed by atoms with Crippen molar-refractivity contribution >= 4 is 23.2 Å². The van der Waals surface area contributed by atoms with Gasteiger partial charge in [-0.1, -0.05) is 11.6 Å². The summed E-state index contributed by atoms with van der Waals surface area (Å²) in [5.74, 6) is 0.872. The number of rotatable bonds is 4. The fraction of sp³-hybridized carbons (Fsp3) is 0.500. The van der Waals surface area contributed by atoms with E-state index in [1.807, 2.05) is 31.9 Å². The highest BCUT2D eigenvalue weighted by Gasteiger charge is 2.13. The lowest BCUT2D eigenvalue weighted by molar-refractivity contribution is 0.359. The van der Waals surface area contributed by atoms with Crippen molar-refractivity contribution in [1.29, 1.82) is 0 Å². The zero-order valence-electron chi connectivity index (χ0n) is 10.1. The quantitative estimate of drug-likeness (QED) is 0.607. The van der Waals surface area contributed by atoms with Crippen molar-refractivity contribution in [2.75, 3.05) is 20.2 Å². The van der Waals surface area contributed by atoms with Crippen LogP contribution in [0.15, 0.2) is 6.07 Å². The second-order valence-electron chi connectivity index (χ2n) is 3.95. The number of nitrogens with zero attached hydrogens (tertiary/aromatic N) is 1. The van der Waals surface area contributed by atoms with Crippen LogP contribution in [0.3, 0.4) is 0 Å². The normalized spacial score (nSPS) is 10.9. The fourth-order valence-electron chi connectivity index (χ4n) is 1.65. The Balaban J connectivity index is 3.19. The molecule has 1 rings (SSSR count). The molecule has 90 valence electrons. The zero-order chi connectivity index (χ0) is 12.3. The van der Waals surface area contributed by atoms with E-state index in [4.69, 9.17) is 27.9 Å². The molecule has 1 aromatic carbocycles. The Bertz CT molecular complexity index is 380. The maximum Gasteiger partial charge on any atom is 0.123 e. The summed E-state index contributed by atoms with van der Waals surface area (Å²) < 4.78 is 5.38. The third kappa shape index (κ3) is 2.82. The molecule has 0 atom stereocenters. The lowest BCUT2D eigenvalue weighted by Gasteiger charge is -2.19. The van der Waals surface area contributed by atoms with E-state index in [1.54, 1.807) is 7.11 Å². The molecule has 0 aliphatic rings. The van der Waals surface area contributed by atoms with Crippen LogP contribution in [0.4, 0.5) is 0 Å². The summed E-state index contributed by atoms with van der Waals surface area (Å²) in [5.41, 5.74) is 3.20. The molecule has 0 radical (unpaired) electrons. The first-order valence-corrected chi connectivity index (χ1v) is 5.99. The van der Waals surface area contributed by atoms with E-state index < -0.39 is 0 Å². The van der Waals surface area contributed by atoms with Crippen molar-refractivity contribution in [2.24, 2.45) is 0 Å². The molecule has 0 amide bonds. The molecule has 4 heteroatoms. The van der Waals surface area contributed by atoms with Gasteiger partial charge in [0.05, 0.1) is 13.1 Å². The van der Waals surface area contributed by atoms with Crippen molar-refractivity contribution in [3.63, 3.8) is 0 Å². The second kappa shape index (κ2) is 5.76. The van der Waals surface area contributed by atoms with Crippen LogP contribution < -0.4 is 4.74 Å². The van der Waals surface area contributed by atoms with Crippen LogP contribution in [0.2, 0.25) is 5.02 Å². The highest BCUT2D eigenvalue weighted by atomic mass is 35.5. The lowest BCUT2D eigenvalue weighted by Crippen LogP contribution is -2.17. The number of alkyl halides is 1. The summed E-state index contributed by atoms with van der Waals surface area (Å²) in [4.78, 5) is 2.00. The maximum absolute atomic E-state index is 6.23. The number of benzene rings is 1. The number of ether oxygens (including phenoxy) is 1. The van der Waals surface area contributed by atoms with E-state index in [2.05, 4.69) is 0 Å². The molecule has 0 spiro atoms. The van der Waals surface area contributed by atoms with E-state index in [0.29, 0.717) is 6.00 Å². The van der Waals surface area contributed by atoms with Gasteiger partial charge in [-0.15, -0.1) is 11.6 Å². The van der Waals surface area contributed by atoms with Crippen molar-refractivity contribution < 1.29 is 4.74 Å². The number of hydrogen-bond acceptors (Lipinski definition) is 2. The highest BCUT2D eigenvalue weighted by molar-refractivity contribution is 6.32. The van der Waals surface area contributed by atoms with Gasteiger partial charge in [0, 0.05) is 17.1 Å². The molecule has 16 heavy (non-hydrogen) atoms. The molecular weight excluding hydrogens is 245 g/mol. The Morgan fingerprint density at radius 1 is 1.38 bits per heavy atom. The van der Waals surface area contributed by atoms with E-state index in [-0.39, 0.29) is 0 Å². The molecular formula is C12H17Cl2NO. The Kier molecular flexibility index (Phi) is 4.90. The molecule has 0 N–H and O–H groups in total. The van der Waals surface area contributed by atoms with E-state index in [9.17, 15) is 0 Å². The van der Waals surface area contributed by atoms with Gasteiger partial charge in [0.25, 0.3) is 0 Å². The van der Waals surface area contributed by atoms with Crippen molar-refractivity contribution in [1.82, 2.24) is 4.90 Å². The Hall–Kier alpha value is -0.440. The van der Waals surface area contributed by atoms with Crippen LogP contribution in [0.5, 0.6) is 5.75 Å². The topological polar surface area (TPSA) is 12.5 Å². The number of aryl methyl sites for hydroxylation is 1. The van der Waals surface area contributed by atoms with Gasteiger partial charge in [-0.05, 0) is 38.1 Å². The van der Waals surface area contributed by atoms with E-state index >= 15 is 0 Å². The van der Waals surface area contributed by atoms with Gasteiger partial charge in [0.15, 0.2) is 0 Å². The summed E-state index contributed by atoms with van der Waals surface area (Å²) in [6.45, 7) is 4.72. The summed E-state index contributed by atoms with van der Waals surface area (Å²) in [7, 11) is 3.63. The average molecular weight is 262 g/mol. The molecule has 0 bridgehead atoms. The van der Waals surface area contributed by atoms with Crippen LogP contribution in [-0.4, -0.2) is 25.1 Å². The van der Waals surface area contributed by atoms with Crippen molar-refractivity contribution in [2.45, 2.75) is 20.4 Å². The van der Waals surface area contributed by atoms with Gasteiger partial charge in [0.1, 0.15) is 5.75 Å². The smallest absolute Gasteiger partial charge is 0.123 e. The summed E-state index contributed by atoms with van der Waals surface area (Å²) in [6, 6.07) is 2.45. The predicted molar refractivity (Wildman–Crippen MR) is 69.7 cm³/mol. The average Bonchev–Trinajstić information content (AvgIpc) is 2.29. The van der Waals surface area contributed by atoms with Crippen LogP contribution in [0, 0.1) is 13.8 Å². The van der Waals surface area contributed by atoms with Crippen LogP contribution >= 0.6 is 23.2 Å². The molecule has 0 saturated heterocycles. The molecule has 0 fully saturated rings. The number of methoxy groups -OCH3 is 1. The van der Waals surface area contributed by atoms with Gasteiger partial charge in [-0.2, -0.15) is 0 Å². The first-order valence-electron chi connectivity index (χ1n) is 5.08. The second-order valence-corrected chi connectivity index (χ2v) is 4.56. The molecule has 0 heterocycles. The van der Waals surface area contributed by atoms with Gasteiger partial charge in [-0.3, -0.25) is 4.90 Å². The lowest BCUT2D eigenvalue weighted by atomic mass is 10.0. The molecule has 0 unspecified atom stereocenters. The summed E-state index contributed by atoms with van der Waals surface area (Å²) in [6.07, 6.45) is 0. The van der Waals surface area contributed by atoms with Gasteiger partial charge in [-0.25, -0.2) is 0 Å². The third-order valence-electron chi connectivity index (χ3n) is 2.63. The standard InChI is InChI=1S/C12H17Cl2NO/c1-8-5-11(16-4)10(6-15(3)7-13)9(2)12(8)14/h5H,6-7H2,1-4H3. The first-order chi connectivity index (χ1) is 7.51. The van der Waals surface area contributed by atoms with Gasteiger partial charge in [0.2, 0.25) is 0 Å². The highest BCUT2D eigenvalue weighted by Crippen LogP contribution is 2.32. The van der Waals surface area contributed by atoms with Crippen LogP contribution in [0.1, 0.15) is 16.7 Å². The Morgan fingerprint density at radius 3 is 2.50 bits per heavy atom. The third-order valence-corrected chi connectivity index (χ3v) is 3.61. The van der Waals surface area contributed by atoms with E-state index in [1.165, 1.54) is 0 Å². The largest absolute Gasteiger partial charge is 0.496 e. The van der Waals surface area contributed by atoms with Gasteiger partial charge >= 0.3 is 0 Å². The molecule has 0 aromatic heterocycles. The molecule has 2 nitrogen and oxygen atoms in total. The molecule has 0 aliphatic carbocycles. The number of halogens is 2. The Morgan fingerprint density at radius 2 is 2.00 bits per heavy atom. The minimum Gasteiger partial charge on any atom is -0.496 e. The minimum absolute atomic E-state index is 0.480. The molecule has 1 aromatic rings. The zero-order valence-corrected chi connectivity index (χ0v) is 11.6. The summed E-state index contributed by atoms with van der Waals surface area (Å²) >= 11 is 12.0. The van der Waals surface area contributed by atoms with Crippen LogP contribution in [-0.2, 0) is 6.54 Å². The minimum atomic E-state index is 0.480. The predicted octanol–water partition coefficient (Wildman–Crippen LogP) is 3.59. The molecule has 0 aliphatic heterocycles. The van der Waals surface area contributed by atoms with Gasteiger partial charge < -0.3 is 4.74 Å². The maximum atomic E-state index is 6.23. The van der Waals surface area contributed by atoms with Crippen molar-refractivity contribution in [3.05, 3.63) is 27.8 Å². The van der Waals surface area contributed by atoms with Crippen molar-refractivity contribution in [3.8, 4) is 5.75 Å². The van der Waals surface area contributed by atoms with Crippen LogP contribution in [0.25, 0.3) is 0 Å². The monoisotopic (exact) mass is 261 g/mol. The van der Waals surface area contributed by atoms with E-state index in [0.717, 1.165) is 34.0 Å². The first kappa shape index (κ1) is 13.6. The Labute approximate surface area is 107 Å². The molecule has 0 saturated carbocycles.